The summed E-state index contributed by atoms with van der Waals surface area (Å²) in [6.07, 6.45) is 2.01. The van der Waals surface area contributed by atoms with E-state index in [9.17, 15) is 0 Å². The van der Waals surface area contributed by atoms with Crippen LogP contribution in [0.15, 0.2) is 24.3 Å². The normalized spacial score (nSPS) is 24.4. The van der Waals surface area contributed by atoms with Crippen molar-refractivity contribution in [3.05, 3.63) is 29.8 Å². The van der Waals surface area contributed by atoms with Gasteiger partial charge in [-0.25, -0.2) is 0 Å². The van der Waals surface area contributed by atoms with E-state index in [1.807, 2.05) is 12.1 Å². The molecule has 1 aliphatic rings. The maximum Gasteiger partial charge on any atom is 0.123 e. The minimum Gasteiger partial charge on any atom is -0.488 e. The van der Waals surface area contributed by atoms with Crippen LogP contribution in [0.4, 0.5) is 0 Å². The van der Waals surface area contributed by atoms with Crippen LogP contribution in [0.3, 0.4) is 0 Å². The maximum atomic E-state index is 6.23. The monoisotopic (exact) mass is 219 g/mol. The van der Waals surface area contributed by atoms with Crippen LogP contribution in [0, 0.1) is 0 Å². The van der Waals surface area contributed by atoms with Gasteiger partial charge in [-0.3, -0.25) is 0 Å². The zero-order valence-corrected chi connectivity index (χ0v) is 10.4. The summed E-state index contributed by atoms with van der Waals surface area (Å²) in [6.45, 7) is 6.42. The molecule has 0 saturated heterocycles. The van der Waals surface area contributed by atoms with Gasteiger partial charge in [0, 0.05) is 12.0 Å². The number of para-hydroxylation sites is 1. The molecule has 0 spiro atoms. The molecule has 2 unspecified atom stereocenters. The summed E-state index contributed by atoms with van der Waals surface area (Å²) in [7, 11) is 0. The Morgan fingerprint density at radius 3 is 2.81 bits per heavy atom. The lowest BCUT2D eigenvalue weighted by molar-refractivity contribution is 0.0672. The van der Waals surface area contributed by atoms with Crippen molar-refractivity contribution < 1.29 is 4.74 Å². The highest BCUT2D eigenvalue weighted by Gasteiger charge is 2.35. The number of hydrogen-bond acceptors (Lipinski definition) is 2. The lowest BCUT2D eigenvalue weighted by atomic mass is 9.79. The molecule has 2 atom stereocenters. The second-order valence-corrected chi connectivity index (χ2v) is 5.28. The average Bonchev–Trinajstić information content (AvgIpc) is 2.25. The maximum absolute atomic E-state index is 6.23. The van der Waals surface area contributed by atoms with Crippen LogP contribution in [0.2, 0.25) is 0 Å². The molecule has 2 nitrogen and oxygen atoms in total. The molecule has 1 aromatic carbocycles. The molecule has 0 amide bonds. The lowest BCUT2D eigenvalue weighted by Crippen LogP contribution is -2.40. The molecule has 88 valence electrons. The van der Waals surface area contributed by atoms with Gasteiger partial charge in [-0.15, -0.1) is 0 Å². The van der Waals surface area contributed by atoms with Gasteiger partial charge in [0.15, 0.2) is 0 Å². The molecule has 0 aromatic heterocycles. The van der Waals surface area contributed by atoms with Crippen molar-refractivity contribution in [2.24, 2.45) is 5.73 Å². The fourth-order valence-electron chi connectivity index (χ4n) is 2.53. The van der Waals surface area contributed by atoms with E-state index in [-0.39, 0.29) is 11.6 Å². The zero-order chi connectivity index (χ0) is 11.8. The molecule has 1 heterocycles. The summed E-state index contributed by atoms with van der Waals surface area (Å²) >= 11 is 0. The molecule has 2 heteroatoms. The van der Waals surface area contributed by atoms with E-state index in [0.717, 1.165) is 18.6 Å². The Kier molecular flexibility index (Phi) is 2.94. The number of nitrogens with two attached hydrogens (primary N) is 1. The highest BCUT2D eigenvalue weighted by Crippen LogP contribution is 2.42. The van der Waals surface area contributed by atoms with E-state index in [1.54, 1.807) is 0 Å². The summed E-state index contributed by atoms with van der Waals surface area (Å²) in [6, 6.07) is 8.51. The van der Waals surface area contributed by atoms with Gasteiger partial charge in [0.25, 0.3) is 0 Å². The van der Waals surface area contributed by atoms with E-state index in [1.165, 1.54) is 5.56 Å². The van der Waals surface area contributed by atoms with Crippen molar-refractivity contribution in [1.82, 2.24) is 0 Å². The first-order valence-electron chi connectivity index (χ1n) is 6.07. The predicted molar refractivity (Wildman–Crippen MR) is 66.8 cm³/mol. The average molecular weight is 219 g/mol. The van der Waals surface area contributed by atoms with Crippen molar-refractivity contribution in [3.63, 3.8) is 0 Å². The second-order valence-electron chi connectivity index (χ2n) is 5.28. The van der Waals surface area contributed by atoms with E-state index in [2.05, 4.69) is 32.9 Å². The van der Waals surface area contributed by atoms with Crippen molar-refractivity contribution in [1.29, 1.82) is 0 Å². The van der Waals surface area contributed by atoms with Gasteiger partial charge in [-0.05, 0) is 38.3 Å². The second kappa shape index (κ2) is 4.10. The summed E-state index contributed by atoms with van der Waals surface area (Å²) in [5, 5.41) is 0. The van der Waals surface area contributed by atoms with Gasteiger partial charge in [0.1, 0.15) is 11.4 Å². The van der Waals surface area contributed by atoms with Crippen molar-refractivity contribution in [2.75, 3.05) is 0 Å². The fraction of sp³-hybridized carbons (Fsp3) is 0.571. The number of fused-ring (bicyclic) bond motifs is 1. The minimum atomic E-state index is -0.105. The fourth-order valence-corrected chi connectivity index (χ4v) is 2.53. The summed E-state index contributed by atoms with van der Waals surface area (Å²) in [4.78, 5) is 0. The summed E-state index contributed by atoms with van der Waals surface area (Å²) in [5.74, 6) is 1.43. The molecule has 0 bridgehead atoms. The molecule has 0 fully saturated rings. The van der Waals surface area contributed by atoms with Crippen molar-refractivity contribution in [3.8, 4) is 5.75 Å². The Balaban J connectivity index is 2.39. The Morgan fingerprint density at radius 1 is 1.44 bits per heavy atom. The van der Waals surface area contributed by atoms with Gasteiger partial charge in [-0.1, -0.05) is 25.1 Å². The van der Waals surface area contributed by atoms with Crippen molar-refractivity contribution in [2.45, 2.75) is 51.2 Å². The standard InChI is InChI=1S/C14H21NO/c1-4-12(15)11-9-14(2,3)16-13-8-6-5-7-10(11)13/h5-8,11-12H,4,9,15H2,1-3H3. The number of ether oxygens (including phenoxy) is 1. The molecule has 16 heavy (non-hydrogen) atoms. The third-order valence-electron chi connectivity index (χ3n) is 3.40. The first-order chi connectivity index (χ1) is 7.53. The third-order valence-corrected chi connectivity index (χ3v) is 3.40. The lowest BCUT2D eigenvalue weighted by Gasteiger charge is -2.39. The van der Waals surface area contributed by atoms with Gasteiger partial charge < -0.3 is 10.5 Å². The van der Waals surface area contributed by atoms with Crippen LogP contribution >= 0.6 is 0 Å². The zero-order valence-electron chi connectivity index (χ0n) is 10.4. The van der Waals surface area contributed by atoms with Crippen LogP contribution in [-0.4, -0.2) is 11.6 Å². The molecular formula is C14H21NO. The molecule has 0 radical (unpaired) electrons. The topological polar surface area (TPSA) is 35.2 Å². The molecule has 1 aromatic rings. The Labute approximate surface area is 97.8 Å². The summed E-state index contributed by atoms with van der Waals surface area (Å²) < 4.78 is 5.99. The first kappa shape index (κ1) is 11.5. The molecule has 0 aliphatic carbocycles. The van der Waals surface area contributed by atoms with Crippen LogP contribution in [0.25, 0.3) is 0 Å². The predicted octanol–water partition coefficient (Wildman–Crippen LogP) is 3.07. The first-order valence-corrected chi connectivity index (χ1v) is 6.07. The smallest absolute Gasteiger partial charge is 0.123 e. The number of rotatable bonds is 2. The van der Waals surface area contributed by atoms with Crippen LogP contribution in [-0.2, 0) is 0 Å². The highest BCUT2D eigenvalue weighted by atomic mass is 16.5. The van der Waals surface area contributed by atoms with E-state index >= 15 is 0 Å². The Bertz CT molecular complexity index is 373. The van der Waals surface area contributed by atoms with Gasteiger partial charge in [0.05, 0.1) is 0 Å². The van der Waals surface area contributed by atoms with Crippen LogP contribution in [0.5, 0.6) is 5.75 Å². The largest absolute Gasteiger partial charge is 0.488 e. The van der Waals surface area contributed by atoms with Gasteiger partial charge in [-0.2, -0.15) is 0 Å². The third kappa shape index (κ3) is 2.07. The van der Waals surface area contributed by atoms with Gasteiger partial charge >= 0.3 is 0 Å². The Morgan fingerprint density at radius 2 is 2.12 bits per heavy atom. The summed E-state index contributed by atoms with van der Waals surface area (Å²) in [5.41, 5.74) is 7.40. The molecule has 2 rings (SSSR count). The molecule has 2 N–H and O–H groups in total. The Hall–Kier alpha value is -1.02. The highest BCUT2D eigenvalue weighted by molar-refractivity contribution is 5.39. The SMILES string of the molecule is CCC(N)C1CC(C)(C)Oc2ccccc21. The van der Waals surface area contributed by atoms with E-state index in [4.69, 9.17) is 10.5 Å². The number of hydrogen-bond donors (Lipinski definition) is 1. The molecule has 1 aliphatic heterocycles. The van der Waals surface area contributed by atoms with Crippen LogP contribution in [0.1, 0.15) is 45.1 Å². The van der Waals surface area contributed by atoms with Crippen molar-refractivity contribution >= 4 is 0 Å². The van der Waals surface area contributed by atoms with E-state index < -0.39 is 0 Å². The van der Waals surface area contributed by atoms with E-state index in [0.29, 0.717) is 5.92 Å². The van der Waals surface area contributed by atoms with Crippen LogP contribution < -0.4 is 10.5 Å². The minimum absolute atomic E-state index is 0.105. The molecular weight excluding hydrogens is 198 g/mol. The quantitative estimate of drug-likeness (QED) is 0.829. The van der Waals surface area contributed by atoms with Gasteiger partial charge in [0.2, 0.25) is 0 Å². The molecule has 0 saturated carbocycles. The number of benzene rings is 1.